The van der Waals surface area contributed by atoms with Gasteiger partial charge in [-0.15, -0.1) is 0 Å². The molecule has 1 heteroatoms. The number of aryl methyl sites for hydroxylation is 1. The SMILES string of the molecule is [CH2]C(C)c1ccc(C)c(OCC)c1. The molecule has 71 valence electrons. The van der Waals surface area contributed by atoms with Crippen LogP contribution < -0.4 is 4.74 Å². The van der Waals surface area contributed by atoms with E-state index < -0.39 is 0 Å². The quantitative estimate of drug-likeness (QED) is 0.688. The van der Waals surface area contributed by atoms with Gasteiger partial charge in [-0.3, -0.25) is 0 Å². The maximum absolute atomic E-state index is 5.50. The summed E-state index contributed by atoms with van der Waals surface area (Å²) in [4.78, 5) is 0. The molecule has 0 saturated carbocycles. The van der Waals surface area contributed by atoms with E-state index in [2.05, 4.69) is 39.0 Å². The minimum absolute atomic E-state index is 0.319. The lowest BCUT2D eigenvalue weighted by molar-refractivity contribution is 0.337. The van der Waals surface area contributed by atoms with Gasteiger partial charge in [0.1, 0.15) is 5.75 Å². The Hall–Kier alpha value is -0.980. The van der Waals surface area contributed by atoms with Crippen molar-refractivity contribution in [1.29, 1.82) is 0 Å². The van der Waals surface area contributed by atoms with E-state index >= 15 is 0 Å². The third-order valence-electron chi connectivity index (χ3n) is 2.08. The van der Waals surface area contributed by atoms with Gasteiger partial charge in [-0.25, -0.2) is 0 Å². The molecule has 0 amide bonds. The molecule has 0 bridgehead atoms. The van der Waals surface area contributed by atoms with Gasteiger partial charge in [0.25, 0.3) is 0 Å². The van der Waals surface area contributed by atoms with Gasteiger partial charge in [-0.2, -0.15) is 0 Å². The molecule has 0 saturated heterocycles. The summed E-state index contributed by atoms with van der Waals surface area (Å²) in [5.41, 5.74) is 2.42. The van der Waals surface area contributed by atoms with Crippen molar-refractivity contribution in [2.45, 2.75) is 26.7 Å². The van der Waals surface area contributed by atoms with Crippen LogP contribution in [0.5, 0.6) is 5.75 Å². The molecular weight excluding hydrogens is 160 g/mol. The van der Waals surface area contributed by atoms with Gasteiger partial charge in [-0.1, -0.05) is 19.1 Å². The molecule has 13 heavy (non-hydrogen) atoms. The highest BCUT2D eigenvalue weighted by molar-refractivity contribution is 5.38. The van der Waals surface area contributed by atoms with Gasteiger partial charge < -0.3 is 4.74 Å². The molecule has 1 rings (SSSR count). The van der Waals surface area contributed by atoms with Crippen molar-refractivity contribution in [3.05, 3.63) is 36.2 Å². The first-order chi connectivity index (χ1) is 6.15. The lowest BCUT2D eigenvalue weighted by Crippen LogP contribution is -1.96. The number of ether oxygens (including phenoxy) is 1. The van der Waals surface area contributed by atoms with E-state index in [4.69, 9.17) is 4.74 Å². The van der Waals surface area contributed by atoms with E-state index in [0.717, 1.165) is 12.4 Å². The molecule has 0 aliphatic carbocycles. The van der Waals surface area contributed by atoms with E-state index in [1.807, 2.05) is 6.92 Å². The summed E-state index contributed by atoms with van der Waals surface area (Å²) in [5.74, 6) is 1.30. The molecule has 0 aliphatic heterocycles. The molecular formula is C12H17O. The van der Waals surface area contributed by atoms with Crippen molar-refractivity contribution in [1.82, 2.24) is 0 Å². The average molecular weight is 177 g/mol. The molecule has 1 aromatic rings. The van der Waals surface area contributed by atoms with Crippen LogP contribution in [0.15, 0.2) is 18.2 Å². The zero-order chi connectivity index (χ0) is 9.84. The minimum atomic E-state index is 0.319. The van der Waals surface area contributed by atoms with E-state index in [1.54, 1.807) is 0 Å². The Morgan fingerprint density at radius 3 is 2.69 bits per heavy atom. The fourth-order valence-electron chi connectivity index (χ4n) is 1.23. The van der Waals surface area contributed by atoms with Crippen molar-refractivity contribution in [2.24, 2.45) is 0 Å². The zero-order valence-electron chi connectivity index (χ0n) is 8.63. The van der Waals surface area contributed by atoms with Gasteiger partial charge in [0.05, 0.1) is 6.61 Å². The summed E-state index contributed by atoms with van der Waals surface area (Å²) in [7, 11) is 0. The summed E-state index contributed by atoms with van der Waals surface area (Å²) >= 11 is 0. The molecule has 1 radical (unpaired) electrons. The normalized spacial score (nSPS) is 10.5. The van der Waals surface area contributed by atoms with Crippen LogP contribution in [-0.4, -0.2) is 6.61 Å². The molecule has 0 spiro atoms. The van der Waals surface area contributed by atoms with Crippen molar-refractivity contribution >= 4 is 0 Å². The smallest absolute Gasteiger partial charge is 0.122 e. The maximum Gasteiger partial charge on any atom is 0.122 e. The molecule has 0 N–H and O–H groups in total. The Morgan fingerprint density at radius 1 is 1.46 bits per heavy atom. The standard InChI is InChI=1S/C12H17O/c1-5-13-12-8-11(9(2)3)7-6-10(12)4/h6-9H,2,5H2,1,3-4H3. The van der Waals surface area contributed by atoms with E-state index in [0.29, 0.717) is 5.92 Å². The first kappa shape index (κ1) is 10.1. The fraction of sp³-hybridized carbons (Fsp3) is 0.417. The van der Waals surface area contributed by atoms with Crippen LogP contribution in [-0.2, 0) is 0 Å². The second-order valence-electron chi connectivity index (χ2n) is 3.36. The van der Waals surface area contributed by atoms with Gasteiger partial charge in [0.2, 0.25) is 0 Å². The first-order valence-corrected chi connectivity index (χ1v) is 4.71. The number of hydrogen-bond acceptors (Lipinski definition) is 1. The van der Waals surface area contributed by atoms with Crippen LogP contribution in [0.25, 0.3) is 0 Å². The predicted molar refractivity (Wildman–Crippen MR) is 56.1 cm³/mol. The third-order valence-corrected chi connectivity index (χ3v) is 2.08. The summed E-state index contributed by atoms with van der Waals surface area (Å²) in [6.07, 6.45) is 0. The zero-order valence-corrected chi connectivity index (χ0v) is 8.63. The second-order valence-corrected chi connectivity index (χ2v) is 3.36. The van der Waals surface area contributed by atoms with Crippen LogP contribution in [0.1, 0.15) is 30.9 Å². The summed E-state index contributed by atoms with van der Waals surface area (Å²) in [6.45, 7) is 10.8. The highest BCUT2D eigenvalue weighted by Gasteiger charge is 2.03. The Kier molecular flexibility index (Phi) is 3.35. The molecule has 1 aromatic carbocycles. The number of rotatable bonds is 3. The largest absolute Gasteiger partial charge is 0.494 e. The first-order valence-electron chi connectivity index (χ1n) is 4.71. The topological polar surface area (TPSA) is 9.23 Å². The van der Waals surface area contributed by atoms with Gasteiger partial charge in [-0.05, 0) is 43.9 Å². The highest BCUT2D eigenvalue weighted by atomic mass is 16.5. The van der Waals surface area contributed by atoms with Crippen molar-refractivity contribution in [2.75, 3.05) is 6.61 Å². The van der Waals surface area contributed by atoms with Crippen molar-refractivity contribution in [3.63, 3.8) is 0 Å². The molecule has 0 heterocycles. The van der Waals surface area contributed by atoms with Crippen LogP contribution in [0.3, 0.4) is 0 Å². The fourth-order valence-corrected chi connectivity index (χ4v) is 1.23. The minimum Gasteiger partial charge on any atom is -0.494 e. The van der Waals surface area contributed by atoms with Gasteiger partial charge in [0.15, 0.2) is 0 Å². The summed E-state index contributed by atoms with van der Waals surface area (Å²) in [6, 6.07) is 6.27. The monoisotopic (exact) mass is 177 g/mol. The molecule has 1 nitrogen and oxygen atoms in total. The molecule has 0 fully saturated rings. The highest BCUT2D eigenvalue weighted by Crippen LogP contribution is 2.23. The number of hydrogen-bond donors (Lipinski definition) is 0. The number of benzene rings is 1. The Balaban J connectivity index is 2.97. The Bertz CT molecular complexity index is 276. The van der Waals surface area contributed by atoms with E-state index in [-0.39, 0.29) is 0 Å². The molecule has 0 aromatic heterocycles. The molecule has 0 aliphatic rings. The maximum atomic E-state index is 5.50. The lowest BCUT2D eigenvalue weighted by atomic mass is 10.0. The Morgan fingerprint density at radius 2 is 2.15 bits per heavy atom. The Labute approximate surface area is 80.7 Å². The van der Waals surface area contributed by atoms with E-state index in [1.165, 1.54) is 11.1 Å². The van der Waals surface area contributed by atoms with Gasteiger partial charge in [0, 0.05) is 0 Å². The average Bonchev–Trinajstić information content (AvgIpc) is 2.08. The predicted octanol–water partition coefficient (Wildman–Crippen LogP) is 3.33. The lowest BCUT2D eigenvalue weighted by Gasteiger charge is -2.11. The molecule has 1 atom stereocenters. The van der Waals surface area contributed by atoms with Crippen LogP contribution >= 0.6 is 0 Å². The molecule has 1 unspecified atom stereocenters. The van der Waals surface area contributed by atoms with Crippen LogP contribution in [0.4, 0.5) is 0 Å². The van der Waals surface area contributed by atoms with E-state index in [9.17, 15) is 0 Å². The van der Waals surface area contributed by atoms with Crippen LogP contribution in [0, 0.1) is 13.8 Å². The third kappa shape index (κ3) is 2.48. The van der Waals surface area contributed by atoms with Crippen molar-refractivity contribution < 1.29 is 4.74 Å². The summed E-state index contributed by atoms with van der Waals surface area (Å²) < 4.78 is 5.50. The second kappa shape index (κ2) is 4.31. The summed E-state index contributed by atoms with van der Waals surface area (Å²) in [5, 5.41) is 0. The van der Waals surface area contributed by atoms with Gasteiger partial charge >= 0.3 is 0 Å². The van der Waals surface area contributed by atoms with Crippen LogP contribution in [0.2, 0.25) is 0 Å². The van der Waals surface area contributed by atoms with Crippen molar-refractivity contribution in [3.8, 4) is 5.75 Å².